The van der Waals surface area contributed by atoms with Gasteiger partial charge in [-0.3, -0.25) is 9.59 Å². The fraction of sp³-hybridized carbons (Fsp3) is 0.400. The number of piperazine rings is 1. The second-order valence-electron chi connectivity index (χ2n) is 10.0. The maximum Gasteiger partial charge on any atom is 0.242 e. The lowest BCUT2D eigenvalue weighted by molar-refractivity contribution is -0.145. The summed E-state index contributed by atoms with van der Waals surface area (Å²) in [6, 6.07) is 19.4. The van der Waals surface area contributed by atoms with E-state index in [1.807, 2.05) is 65.6 Å². The monoisotopic (exact) mass is 529 g/mol. The molecule has 0 unspecified atom stereocenters. The SMILES string of the molecule is COc1ccc(-c2ccc(N3CCN(C(=O)CN(Cc4ccccc4)C(=O)C4CCC4)CC3)nn2)c(OC)c1. The molecule has 2 aromatic carbocycles. The third kappa shape index (κ3) is 6.13. The van der Waals surface area contributed by atoms with Gasteiger partial charge in [0.15, 0.2) is 5.82 Å². The van der Waals surface area contributed by atoms with Crippen molar-refractivity contribution in [2.24, 2.45) is 5.92 Å². The Kier molecular flexibility index (Phi) is 8.24. The second-order valence-corrected chi connectivity index (χ2v) is 10.0. The van der Waals surface area contributed by atoms with Crippen LogP contribution in [0, 0.1) is 5.92 Å². The highest BCUT2D eigenvalue weighted by atomic mass is 16.5. The summed E-state index contributed by atoms with van der Waals surface area (Å²) in [4.78, 5) is 32.1. The number of anilines is 1. The Morgan fingerprint density at radius 1 is 0.923 bits per heavy atom. The number of aromatic nitrogens is 2. The standard InChI is InChI=1S/C30H35N5O4/c1-38-24-11-12-25(27(19-24)39-2)26-13-14-28(32-31-26)33-15-17-34(18-16-33)29(36)21-35(30(37)23-9-6-10-23)20-22-7-4-3-5-8-22/h3-5,7-8,11-14,19,23H,6,9-10,15-18,20-21H2,1-2H3. The molecule has 9 heteroatoms. The van der Waals surface area contributed by atoms with Gasteiger partial charge in [0, 0.05) is 50.3 Å². The summed E-state index contributed by atoms with van der Waals surface area (Å²) in [6.07, 6.45) is 2.92. The van der Waals surface area contributed by atoms with E-state index in [1.165, 1.54) is 0 Å². The van der Waals surface area contributed by atoms with E-state index >= 15 is 0 Å². The molecule has 3 aromatic rings. The summed E-state index contributed by atoms with van der Waals surface area (Å²) in [5.41, 5.74) is 2.59. The van der Waals surface area contributed by atoms with E-state index in [-0.39, 0.29) is 24.3 Å². The number of rotatable bonds is 9. The molecule has 1 saturated heterocycles. The summed E-state index contributed by atoms with van der Waals surface area (Å²) in [6.45, 7) is 3.03. The summed E-state index contributed by atoms with van der Waals surface area (Å²) in [5.74, 6) is 2.29. The Labute approximate surface area is 229 Å². The first-order chi connectivity index (χ1) is 19.1. The van der Waals surface area contributed by atoms with Crippen LogP contribution in [0.1, 0.15) is 24.8 Å². The fourth-order valence-corrected chi connectivity index (χ4v) is 5.02. The molecule has 2 aliphatic rings. The first-order valence-corrected chi connectivity index (χ1v) is 13.5. The molecule has 2 fully saturated rings. The molecule has 0 atom stereocenters. The predicted molar refractivity (Wildman–Crippen MR) is 149 cm³/mol. The predicted octanol–water partition coefficient (Wildman–Crippen LogP) is 3.64. The van der Waals surface area contributed by atoms with Gasteiger partial charge in [0.2, 0.25) is 11.8 Å². The summed E-state index contributed by atoms with van der Waals surface area (Å²) < 4.78 is 10.8. The lowest BCUT2D eigenvalue weighted by atomic mass is 9.84. The number of amides is 2. The highest BCUT2D eigenvalue weighted by Crippen LogP contribution is 2.32. The van der Waals surface area contributed by atoms with E-state index in [9.17, 15) is 9.59 Å². The van der Waals surface area contributed by atoms with Crippen LogP contribution in [-0.4, -0.2) is 78.8 Å². The Morgan fingerprint density at radius 3 is 2.31 bits per heavy atom. The van der Waals surface area contributed by atoms with Crippen molar-refractivity contribution in [2.75, 3.05) is 51.8 Å². The van der Waals surface area contributed by atoms with Crippen LogP contribution in [0.2, 0.25) is 0 Å². The lowest BCUT2D eigenvalue weighted by Crippen LogP contribution is -2.52. The molecule has 9 nitrogen and oxygen atoms in total. The van der Waals surface area contributed by atoms with E-state index in [4.69, 9.17) is 9.47 Å². The van der Waals surface area contributed by atoms with Crippen LogP contribution < -0.4 is 14.4 Å². The van der Waals surface area contributed by atoms with Gasteiger partial charge in [0.25, 0.3) is 0 Å². The summed E-state index contributed by atoms with van der Waals surface area (Å²) >= 11 is 0. The number of hydrogen-bond donors (Lipinski definition) is 0. The lowest BCUT2D eigenvalue weighted by Gasteiger charge is -2.37. The maximum absolute atomic E-state index is 13.2. The van der Waals surface area contributed by atoms with Gasteiger partial charge >= 0.3 is 0 Å². The number of carbonyl (C=O) groups is 2. The summed E-state index contributed by atoms with van der Waals surface area (Å²) in [5, 5.41) is 8.89. The largest absolute Gasteiger partial charge is 0.497 e. The number of methoxy groups -OCH3 is 2. The van der Waals surface area contributed by atoms with Gasteiger partial charge in [-0.25, -0.2) is 0 Å². The molecule has 1 aliphatic carbocycles. The molecule has 1 saturated carbocycles. The Balaban J connectivity index is 1.19. The zero-order chi connectivity index (χ0) is 27.2. The molecule has 0 N–H and O–H groups in total. The number of nitrogens with zero attached hydrogens (tertiary/aromatic N) is 5. The van der Waals surface area contributed by atoms with E-state index in [1.54, 1.807) is 19.1 Å². The van der Waals surface area contributed by atoms with Crippen LogP contribution in [0.25, 0.3) is 11.3 Å². The van der Waals surface area contributed by atoms with E-state index in [2.05, 4.69) is 15.1 Å². The van der Waals surface area contributed by atoms with E-state index in [0.717, 1.165) is 36.2 Å². The van der Waals surface area contributed by atoms with Crippen molar-refractivity contribution in [1.82, 2.24) is 20.0 Å². The van der Waals surface area contributed by atoms with E-state index < -0.39 is 0 Å². The van der Waals surface area contributed by atoms with Gasteiger partial charge in [-0.2, -0.15) is 0 Å². The minimum Gasteiger partial charge on any atom is -0.497 e. The topological polar surface area (TPSA) is 88.1 Å². The fourth-order valence-electron chi connectivity index (χ4n) is 5.02. The van der Waals surface area contributed by atoms with Crippen LogP contribution >= 0.6 is 0 Å². The van der Waals surface area contributed by atoms with Crippen LogP contribution in [0.4, 0.5) is 5.82 Å². The minimum atomic E-state index is -0.00807. The molecule has 39 heavy (non-hydrogen) atoms. The van der Waals surface area contributed by atoms with E-state index in [0.29, 0.717) is 49.9 Å². The number of hydrogen-bond acceptors (Lipinski definition) is 7. The van der Waals surface area contributed by atoms with Gasteiger partial charge < -0.3 is 24.2 Å². The normalized spacial score (nSPS) is 15.4. The maximum atomic E-state index is 13.2. The zero-order valence-electron chi connectivity index (χ0n) is 22.6. The van der Waals surface area contributed by atoms with Gasteiger partial charge in [0.05, 0.1) is 19.9 Å². The second kappa shape index (κ2) is 12.1. The van der Waals surface area contributed by atoms with Crippen molar-refractivity contribution in [3.05, 3.63) is 66.2 Å². The third-order valence-electron chi connectivity index (χ3n) is 7.60. The highest BCUT2D eigenvalue weighted by molar-refractivity contribution is 5.86. The molecule has 0 spiro atoms. The Hall–Kier alpha value is -4.14. The van der Waals surface area contributed by atoms with Gasteiger partial charge in [-0.15, -0.1) is 10.2 Å². The van der Waals surface area contributed by atoms with Crippen molar-refractivity contribution in [1.29, 1.82) is 0 Å². The van der Waals surface area contributed by atoms with Gasteiger partial charge in [-0.05, 0) is 42.7 Å². The smallest absolute Gasteiger partial charge is 0.242 e. The molecule has 5 rings (SSSR count). The summed E-state index contributed by atoms with van der Waals surface area (Å²) in [7, 11) is 3.23. The van der Waals surface area contributed by atoms with Crippen molar-refractivity contribution in [3.8, 4) is 22.8 Å². The molecule has 2 amide bonds. The average molecular weight is 530 g/mol. The molecule has 204 valence electrons. The van der Waals surface area contributed by atoms with Crippen molar-refractivity contribution >= 4 is 17.6 Å². The molecule has 0 radical (unpaired) electrons. The molecular formula is C30H35N5O4. The molecule has 0 bridgehead atoms. The third-order valence-corrected chi connectivity index (χ3v) is 7.60. The van der Waals surface area contributed by atoms with Crippen molar-refractivity contribution in [2.45, 2.75) is 25.8 Å². The van der Waals surface area contributed by atoms with Crippen molar-refractivity contribution in [3.63, 3.8) is 0 Å². The van der Waals surface area contributed by atoms with Crippen LogP contribution in [0.3, 0.4) is 0 Å². The average Bonchev–Trinajstić information content (AvgIpc) is 2.96. The Bertz CT molecular complexity index is 1270. The molecule has 1 aromatic heterocycles. The zero-order valence-corrected chi connectivity index (χ0v) is 22.6. The first kappa shape index (κ1) is 26.5. The van der Waals surface area contributed by atoms with Crippen LogP contribution in [0.5, 0.6) is 11.5 Å². The quantitative estimate of drug-likeness (QED) is 0.418. The molecule has 2 heterocycles. The van der Waals surface area contributed by atoms with Crippen molar-refractivity contribution < 1.29 is 19.1 Å². The highest BCUT2D eigenvalue weighted by Gasteiger charge is 2.32. The number of benzene rings is 2. The molecule has 1 aliphatic heterocycles. The van der Waals surface area contributed by atoms with Gasteiger partial charge in [0.1, 0.15) is 18.0 Å². The van der Waals surface area contributed by atoms with Crippen LogP contribution in [-0.2, 0) is 16.1 Å². The minimum absolute atomic E-state index is 0.00807. The van der Waals surface area contributed by atoms with Crippen LogP contribution in [0.15, 0.2) is 60.7 Å². The molecular weight excluding hydrogens is 494 g/mol. The Morgan fingerprint density at radius 2 is 1.69 bits per heavy atom. The first-order valence-electron chi connectivity index (χ1n) is 13.5. The van der Waals surface area contributed by atoms with Gasteiger partial charge in [-0.1, -0.05) is 36.8 Å². The number of ether oxygens (including phenoxy) is 2. The number of carbonyl (C=O) groups excluding carboxylic acids is 2.